The average molecular weight is 313 g/mol. The molecule has 0 aliphatic heterocycles. The first-order valence-electron chi connectivity index (χ1n) is 6.03. The molecule has 2 aromatic heterocycles. The van der Waals surface area contributed by atoms with Crippen LogP contribution in [0.3, 0.4) is 0 Å². The predicted octanol–water partition coefficient (Wildman–Crippen LogP) is 1.38. The van der Waals surface area contributed by atoms with Gasteiger partial charge < -0.3 is 9.67 Å². The molecule has 0 aliphatic carbocycles. The van der Waals surface area contributed by atoms with Gasteiger partial charge >= 0.3 is 5.97 Å². The molecule has 0 aromatic carbocycles. The third kappa shape index (κ3) is 3.80. The van der Waals surface area contributed by atoms with Gasteiger partial charge in [-0.3, -0.25) is 14.0 Å². The van der Waals surface area contributed by atoms with Gasteiger partial charge in [0.15, 0.2) is 5.16 Å². The lowest BCUT2D eigenvalue weighted by molar-refractivity contribution is -0.133. The third-order valence-corrected chi connectivity index (χ3v) is 4.48. The zero-order valence-corrected chi connectivity index (χ0v) is 12.6. The highest BCUT2D eigenvalue weighted by Crippen LogP contribution is 2.23. The average Bonchev–Trinajstić information content (AvgIpc) is 2.74. The molecule has 8 heteroatoms. The largest absolute Gasteiger partial charge is 0.481 e. The first kappa shape index (κ1) is 15.0. The number of carbonyl (C=O) groups is 1. The summed E-state index contributed by atoms with van der Waals surface area (Å²) in [5, 5.41) is 9.44. The summed E-state index contributed by atoms with van der Waals surface area (Å²) >= 11 is 1.19. The van der Waals surface area contributed by atoms with E-state index in [1.807, 2.05) is 10.6 Å². The fourth-order valence-electron chi connectivity index (χ4n) is 1.84. The van der Waals surface area contributed by atoms with Crippen LogP contribution in [0.15, 0.2) is 23.6 Å². The van der Waals surface area contributed by atoms with E-state index in [9.17, 15) is 9.00 Å². The molecule has 20 heavy (non-hydrogen) atoms. The molecule has 1 N–H and O–H groups in total. The van der Waals surface area contributed by atoms with Gasteiger partial charge in [-0.15, -0.1) is 0 Å². The van der Waals surface area contributed by atoms with Gasteiger partial charge in [0.25, 0.3) is 0 Å². The van der Waals surface area contributed by atoms with Crippen LogP contribution in [0.1, 0.15) is 6.42 Å². The molecule has 0 aliphatic rings. The number of aromatic nitrogens is 3. The minimum atomic E-state index is -0.874. The molecular weight excluding hydrogens is 298 g/mol. The first-order chi connectivity index (χ1) is 9.58. The minimum Gasteiger partial charge on any atom is -0.481 e. The maximum atomic E-state index is 11.1. The number of carboxylic acids is 1. The van der Waals surface area contributed by atoms with E-state index in [4.69, 9.17) is 5.11 Å². The quantitative estimate of drug-likeness (QED) is 0.777. The monoisotopic (exact) mass is 313 g/mol. The lowest BCUT2D eigenvalue weighted by Gasteiger charge is -2.07. The Morgan fingerprint density at radius 3 is 3.05 bits per heavy atom. The van der Waals surface area contributed by atoms with E-state index in [0.717, 1.165) is 17.5 Å². The Kier molecular flexibility index (Phi) is 5.13. The number of fused-ring (bicyclic) bond motifs is 1. The fourth-order valence-corrected chi connectivity index (χ4v) is 3.13. The Labute approximate surface area is 123 Å². The lowest BCUT2D eigenvalue weighted by Crippen LogP contribution is -2.06. The van der Waals surface area contributed by atoms with Crippen LogP contribution in [0.4, 0.5) is 0 Å². The molecule has 2 heterocycles. The van der Waals surface area contributed by atoms with Crippen molar-refractivity contribution in [1.82, 2.24) is 14.5 Å². The van der Waals surface area contributed by atoms with Gasteiger partial charge in [-0.2, -0.15) is 0 Å². The van der Waals surface area contributed by atoms with Gasteiger partial charge in [-0.25, -0.2) is 4.98 Å². The van der Waals surface area contributed by atoms with Crippen LogP contribution in [-0.4, -0.2) is 47.6 Å². The van der Waals surface area contributed by atoms with E-state index in [1.54, 1.807) is 18.6 Å². The van der Waals surface area contributed by atoms with E-state index < -0.39 is 16.8 Å². The Balaban J connectivity index is 2.24. The SMILES string of the molecule is CS(=O)CCCn1c(SCC(=O)O)nc2cnccc21. The van der Waals surface area contributed by atoms with Crippen molar-refractivity contribution in [3.63, 3.8) is 0 Å². The molecule has 0 amide bonds. The van der Waals surface area contributed by atoms with Crippen molar-refractivity contribution in [2.75, 3.05) is 17.8 Å². The Morgan fingerprint density at radius 1 is 1.55 bits per heavy atom. The molecule has 2 rings (SSSR count). The zero-order chi connectivity index (χ0) is 14.5. The Bertz CT molecular complexity index is 642. The van der Waals surface area contributed by atoms with Crippen molar-refractivity contribution in [2.24, 2.45) is 0 Å². The van der Waals surface area contributed by atoms with Gasteiger partial charge in [-0.1, -0.05) is 11.8 Å². The standard InChI is InChI=1S/C12H15N3O3S2/c1-20(18)6-2-5-15-10-3-4-13-7-9(10)14-12(15)19-8-11(16)17/h3-4,7H,2,5-6,8H2,1H3,(H,16,17). The summed E-state index contributed by atoms with van der Waals surface area (Å²) in [7, 11) is -0.825. The molecule has 0 saturated heterocycles. The van der Waals surface area contributed by atoms with Crippen molar-refractivity contribution < 1.29 is 14.1 Å². The molecule has 6 nitrogen and oxygen atoms in total. The number of aliphatic carboxylic acids is 1. The molecule has 2 aromatic rings. The first-order valence-corrected chi connectivity index (χ1v) is 8.74. The molecule has 0 spiro atoms. The number of nitrogens with zero attached hydrogens (tertiary/aromatic N) is 3. The summed E-state index contributed by atoms with van der Waals surface area (Å²) in [6, 6.07) is 1.86. The summed E-state index contributed by atoms with van der Waals surface area (Å²) in [6.45, 7) is 0.669. The second-order valence-corrected chi connectivity index (χ2v) is 6.72. The maximum absolute atomic E-state index is 11.1. The minimum absolute atomic E-state index is 0.0313. The van der Waals surface area contributed by atoms with Gasteiger partial charge in [0, 0.05) is 35.5 Å². The molecular formula is C12H15N3O3S2. The molecule has 0 radical (unpaired) electrons. The van der Waals surface area contributed by atoms with Crippen LogP contribution in [0.2, 0.25) is 0 Å². The topological polar surface area (TPSA) is 85.1 Å². The van der Waals surface area contributed by atoms with Gasteiger partial charge in [-0.05, 0) is 12.5 Å². The van der Waals surface area contributed by atoms with E-state index in [-0.39, 0.29) is 5.75 Å². The number of imidazole rings is 1. The fraction of sp³-hybridized carbons (Fsp3) is 0.417. The van der Waals surface area contributed by atoms with Crippen molar-refractivity contribution >= 4 is 39.6 Å². The Morgan fingerprint density at radius 2 is 2.35 bits per heavy atom. The number of hydrogen-bond acceptors (Lipinski definition) is 5. The second-order valence-electron chi connectivity index (χ2n) is 4.22. The summed E-state index contributed by atoms with van der Waals surface area (Å²) in [5.41, 5.74) is 1.67. The highest BCUT2D eigenvalue weighted by molar-refractivity contribution is 7.99. The van der Waals surface area contributed by atoms with Crippen LogP contribution >= 0.6 is 11.8 Å². The molecule has 108 valence electrons. The van der Waals surface area contributed by atoms with Gasteiger partial charge in [0.1, 0.15) is 5.52 Å². The molecule has 0 saturated carbocycles. The van der Waals surface area contributed by atoms with E-state index >= 15 is 0 Å². The van der Waals surface area contributed by atoms with Crippen molar-refractivity contribution in [3.8, 4) is 0 Å². The van der Waals surface area contributed by atoms with E-state index in [2.05, 4.69) is 9.97 Å². The molecule has 1 atom stereocenters. The van der Waals surface area contributed by atoms with Crippen molar-refractivity contribution in [2.45, 2.75) is 18.1 Å². The number of pyridine rings is 1. The molecule has 1 unspecified atom stereocenters. The smallest absolute Gasteiger partial charge is 0.313 e. The van der Waals surface area contributed by atoms with Crippen LogP contribution in [0.5, 0.6) is 0 Å². The van der Waals surface area contributed by atoms with Crippen molar-refractivity contribution in [3.05, 3.63) is 18.5 Å². The van der Waals surface area contributed by atoms with Gasteiger partial charge in [0.2, 0.25) is 0 Å². The lowest BCUT2D eigenvalue weighted by atomic mass is 10.4. The Hall–Kier alpha value is -1.41. The summed E-state index contributed by atoms with van der Waals surface area (Å²) in [4.78, 5) is 19.1. The van der Waals surface area contributed by atoms with Crippen LogP contribution in [0, 0.1) is 0 Å². The number of rotatable bonds is 7. The number of thioether (sulfide) groups is 1. The number of carboxylic acid groups (broad SMARTS) is 1. The van der Waals surface area contributed by atoms with E-state index in [0.29, 0.717) is 17.5 Å². The van der Waals surface area contributed by atoms with Crippen molar-refractivity contribution in [1.29, 1.82) is 0 Å². The highest BCUT2D eigenvalue weighted by Gasteiger charge is 2.12. The van der Waals surface area contributed by atoms with Crippen LogP contribution < -0.4 is 0 Å². The zero-order valence-electron chi connectivity index (χ0n) is 11.0. The number of aryl methyl sites for hydroxylation is 1. The summed E-state index contributed by atoms with van der Waals surface area (Å²) in [6.07, 6.45) is 5.78. The maximum Gasteiger partial charge on any atom is 0.313 e. The predicted molar refractivity (Wildman–Crippen MR) is 79.4 cm³/mol. The highest BCUT2D eigenvalue weighted by atomic mass is 32.2. The molecule has 0 fully saturated rings. The molecule has 0 bridgehead atoms. The normalized spacial score (nSPS) is 12.7. The van der Waals surface area contributed by atoms with Crippen LogP contribution in [0.25, 0.3) is 11.0 Å². The summed E-state index contributed by atoms with van der Waals surface area (Å²) < 4.78 is 13.1. The summed E-state index contributed by atoms with van der Waals surface area (Å²) in [5.74, 6) is -0.286. The van der Waals surface area contributed by atoms with Gasteiger partial charge in [0.05, 0.1) is 17.5 Å². The van der Waals surface area contributed by atoms with E-state index in [1.165, 1.54) is 11.8 Å². The second kappa shape index (κ2) is 6.85. The van der Waals surface area contributed by atoms with Crippen LogP contribution in [-0.2, 0) is 22.1 Å². The third-order valence-electron chi connectivity index (χ3n) is 2.65. The number of hydrogen-bond donors (Lipinski definition) is 1.